The lowest BCUT2D eigenvalue weighted by molar-refractivity contribution is -0.543. The van der Waals surface area contributed by atoms with Crippen LogP contribution in [-0.2, 0) is 13.0 Å². The highest BCUT2D eigenvalue weighted by atomic mass is 16.6. The molecular formula is C34H33N2O6+. The molecule has 0 N–H and O–H groups in total. The Hall–Kier alpha value is -5.11. The summed E-state index contributed by atoms with van der Waals surface area (Å²) in [6.45, 7) is 1.46. The van der Waals surface area contributed by atoms with Crippen LogP contribution in [0.4, 0.5) is 5.69 Å². The van der Waals surface area contributed by atoms with E-state index in [1.165, 1.54) is 17.7 Å². The Balaban J connectivity index is 1.80. The summed E-state index contributed by atoms with van der Waals surface area (Å²) in [7, 11) is 6.50. The summed E-state index contributed by atoms with van der Waals surface area (Å²) in [4.78, 5) is 10.9. The largest absolute Gasteiger partial charge is 0.493 e. The summed E-state index contributed by atoms with van der Waals surface area (Å²) in [5.74, 6) is 2.54. The van der Waals surface area contributed by atoms with Crippen LogP contribution in [0.2, 0.25) is 0 Å². The Kier molecular flexibility index (Phi) is 8.52. The van der Waals surface area contributed by atoms with Gasteiger partial charge in [0.1, 0.15) is 6.54 Å². The molecule has 0 saturated carbocycles. The Labute approximate surface area is 245 Å². The van der Waals surface area contributed by atoms with Crippen LogP contribution < -0.4 is 18.9 Å². The van der Waals surface area contributed by atoms with Gasteiger partial charge in [-0.05, 0) is 59.2 Å². The summed E-state index contributed by atoms with van der Waals surface area (Å²) in [5, 5.41) is 11.3. The SMILES string of the molecule is COc1ccc(/C(=C/c2ccc([N+](=O)[O-])cc2)C2=[N+](Cc3ccccc3)CCc3cc(OC)c(OC)cc32)cc1OC. The molecule has 4 aromatic carbocycles. The van der Waals surface area contributed by atoms with Gasteiger partial charge in [0.2, 0.25) is 5.71 Å². The number of fused-ring (bicyclic) bond motifs is 1. The van der Waals surface area contributed by atoms with E-state index in [2.05, 4.69) is 22.8 Å². The maximum absolute atomic E-state index is 11.3. The number of nitrogens with zero attached hydrogens (tertiary/aromatic N) is 2. The first-order valence-corrected chi connectivity index (χ1v) is 13.6. The van der Waals surface area contributed by atoms with Crippen LogP contribution in [0.25, 0.3) is 11.6 Å². The Bertz CT molecular complexity index is 1660. The van der Waals surface area contributed by atoms with Crippen LogP contribution in [0.3, 0.4) is 0 Å². The van der Waals surface area contributed by atoms with Crippen molar-refractivity contribution in [1.29, 1.82) is 0 Å². The van der Waals surface area contributed by atoms with E-state index < -0.39 is 4.92 Å². The summed E-state index contributed by atoms with van der Waals surface area (Å²) < 4.78 is 25.0. The minimum atomic E-state index is -0.393. The molecule has 0 amide bonds. The maximum Gasteiger partial charge on any atom is 0.269 e. The highest BCUT2D eigenvalue weighted by molar-refractivity contribution is 6.33. The van der Waals surface area contributed by atoms with E-state index in [9.17, 15) is 10.1 Å². The summed E-state index contributed by atoms with van der Waals surface area (Å²) in [6, 6.07) is 26.8. The van der Waals surface area contributed by atoms with Crippen molar-refractivity contribution in [3.63, 3.8) is 0 Å². The van der Waals surface area contributed by atoms with Crippen LogP contribution in [0, 0.1) is 10.1 Å². The van der Waals surface area contributed by atoms with Gasteiger partial charge in [0, 0.05) is 24.1 Å². The molecule has 1 aliphatic heterocycles. The minimum Gasteiger partial charge on any atom is -0.493 e. The molecule has 1 aliphatic rings. The van der Waals surface area contributed by atoms with Crippen molar-refractivity contribution in [2.24, 2.45) is 0 Å². The highest BCUT2D eigenvalue weighted by Gasteiger charge is 2.32. The molecule has 0 bridgehead atoms. The van der Waals surface area contributed by atoms with Crippen LogP contribution in [0.5, 0.6) is 23.0 Å². The predicted octanol–water partition coefficient (Wildman–Crippen LogP) is 6.43. The van der Waals surface area contributed by atoms with Crippen molar-refractivity contribution < 1.29 is 28.4 Å². The Morgan fingerprint density at radius 1 is 0.810 bits per heavy atom. The van der Waals surface area contributed by atoms with Crippen molar-refractivity contribution in [3.8, 4) is 23.0 Å². The predicted molar refractivity (Wildman–Crippen MR) is 163 cm³/mol. The number of allylic oxidation sites excluding steroid dienone is 1. The van der Waals surface area contributed by atoms with Gasteiger partial charge in [0.15, 0.2) is 29.5 Å². The molecule has 0 spiro atoms. The molecule has 5 rings (SSSR count). The standard InChI is InChI=1S/C34H33N2O6/c1-39-30-15-12-25(19-31(30)40-2)28(18-23-10-13-27(14-11-23)36(37)38)34-29-21-33(42-4)32(41-3)20-26(29)16-17-35(34)22-24-8-6-5-7-9-24/h5-15,18-21H,16-17,22H2,1-4H3/q+1/b28-18-. The second kappa shape index (κ2) is 12.6. The Morgan fingerprint density at radius 2 is 1.45 bits per heavy atom. The van der Waals surface area contributed by atoms with Crippen LogP contribution in [0.1, 0.15) is 27.8 Å². The van der Waals surface area contributed by atoms with Crippen molar-refractivity contribution in [1.82, 2.24) is 0 Å². The fourth-order valence-corrected chi connectivity index (χ4v) is 5.31. The van der Waals surface area contributed by atoms with E-state index in [0.29, 0.717) is 29.5 Å². The number of ether oxygens (including phenoxy) is 4. The third-order valence-electron chi connectivity index (χ3n) is 7.41. The van der Waals surface area contributed by atoms with Crippen LogP contribution >= 0.6 is 0 Å². The van der Waals surface area contributed by atoms with Crippen molar-refractivity contribution in [2.45, 2.75) is 13.0 Å². The van der Waals surface area contributed by atoms with E-state index in [1.807, 2.05) is 48.5 Å². The van der Waals surface area contributed by atoms with Gasteiger partial charge in [-0.3, -0.25) is 10.1 Å². The van der Waals surface area contributed by atoms with Crippen molar-refractivity contribution >= 4 is 23.0 Å². The highest BCUT2D eigenvalue weighted by Crippen LogP contribution is 2.38. The summed E-state index contributed by atoms with van der Waals surface area (Å²) >= 11 is 0. The number of benzene rings is 4. The van der Waals surface area contributed by atoms with Gasteiger partial charge < -0.3 is 18.9 Å². The molecular weight excluding hydrogens is 532 g/mol. The second-order valence-electron chi connectivity index (χ2n) is 9.85. The topological polar surface area (TPSA) is 83.1 Å². The van der Waals surface area contributed by atoms with Gasteiger partial charge >= 0.3 is 0 Å². The number of methoxy groups -OCH3 is 4. The molecule has 1 heterocycles. The average Bonchev–Trinajstić information content (AvgIpc) is 3.03. The number of hydrogen-bond donors (Lipinski definition) is 0. The second-order valence-corrected chi connectivity index (χ2v) is 9.85. The van der Waals surface area contributed by atoms with E-state index in [4.69, 9.17) is 18.9 Å². The first-order valence-electron chi connectivity index (χ1n) is 13.6. The lowest BCUT2D eigenvalue weighted by Crippen LogP contribution is -2.31. The molecule has 42 heavy (non-hydrogen) atoms. The number of nitro benzene ring substituents is 1. The number of nitro groups is 1. The van der Waals surface area contributed by atoms with E-state index in [-0.39, 0.29) is 5.69 Å². The van der Waals surface area contributed by atoms with Gasteiger partial charge in [-0.15, -0.1) is 0 Å². The Morgan fingerprint density at radius 3 is 2.10 bits per heavy atom. The first-order chi connectivity index (χ1) is 20.4. The zero-order valence-electron chi connectivity index (χ0n) is 24.1. The van der Waals surface area contributed by atoms with E-state index >= 15 is 0 Å². The number of hydrogen-bond acceptors (Lipinski definition) is 6. The average molecular weight is 566 g/mol. The molecule has 8 heteroatoms. The fourth-order valence-electron chi connectivity index (χ4n) is 5.31. The monoisotopic (exact) mass is 565 g/mol. The summed E-state index contributed by atoms with van der Waals surface area (Å²) in [5.41, 5.74) is 7.05. The molecule has 0 unspecified atom stereocenters. The zero-order chi connectivity index (χ0) is 29.6. The zero-order valence-corrected chi connectivity index (χ0v) is 24.1. The molecule has 0 aliphatic carbocycles. The first kappa shape index (κ1) is 28.4. The molecule has 0 fully saturated rings. The maximum atomic E-state index is 11.3. The molecule has 0 aromatic heterocycles. The lowest BCUT2D eigenvalue weighted by Gasteiger charge is -2.23. The smallest absolute Gasteiger partial charge is 0.269 e. The quantitative estimate of drug-likeness (QED) is 0.0954. The van der Waals surface area contributed by atoms with Crippen LogP contribution in [0.15, 0.2) is 84.9 Å². The summed E-state index contributed by atoms with van der Waals surface area (Å²) in [6.07, 6.45) is 2.88. The van der Waals surface area contributed by atoms with Gasteiger partial charge in [-0.25, -0.2) is 4.58 Å². The van der Waals surface area contributed by atoms with Gasteiger partial charge in [-0.2, -0.15) is 0 Å². The normalized spacial score (nSPS) is 12.9. The minimum absolute atomic E-state index is 0.0398. The third kappa shape index (κ3) is 5.83. The number of non-ortho nitro benzene ring substituents is 1. The van der Waals surface area contributed by atoms with Crippen molar-refractivity contribution in [3.05, 3.63) is 123 Å². The third-order valence-corrected chi connectivity index (χ3v) is 7.41. The van der Waals surface area contributed by atoms with Gasteiger partial charge in [0.25, 0.3) is 5.69 Å². The fraction of sp³-hybridized carbons (Fsp3) is 0.206. The molecule has 4 aromatic rings. The van der Waals surface area contributed by atoms with Crippen molar-refractivity contribution in [2.75, 3.05) is 35.0 Å². The molecule has 8 nitrogen and oxygen atoms in total. The van der Waals surface area contributed by atoms with Gasteiger partial charge in [0.05, 0.1) is 44.5 Å². The number of rotatable bonds is 10. The molecule has 0 radical (unpaired) electrons. The lowest BCUT2D eigenvalue weighted by atomic mass is 9.87. The molecule has 0 saturated heterocycles. The van der Waals surface area contributed by atoms with Crippen LogP contribution in [-0.4, -0.2) is 50.2 Å². The van der Waals surface area contributed by atoms with E-state index in [0.717, 1.165) is 46.5 Å². The van der Waals surface area contributed by atoms with Gasteiger partial charge in [-0.1, -0.05) is 36.4 Å². The van der Waals surface area contributed by atoms with E-state index in [1.54, 1.807) is 40.6 Å². The molecule has 214 valence electrons. The molecule has 0 atom stereocenters.